The van der Waals surface area contributed by atoms with E-state index in [1.54, 1.807) is 13.8 Å². The lowest BCUT2D eigenvalue weighted by molar-refractivity contribution is -0.477. The van der Waals surface area contributed by atoms with Gasteiger partial charge in [-0.15, -0.1) is 0 Å². The summed E-state index contributed by atoms with van der Waals surface area (Å²) in [6.07, 6.45) is -5.19. The summed E-state index contributed by atoms with van der Waals surface area (Å²) >= 11 is 17.5. The molecule has 0 unspecified atom stereocenters. The second-order valence-electron chi connectivity index (χ2n) is 10.6. The summed E-state index contributed by atoms with van der Waals surface area (Å²) in [5, 5.41) is 7.98. The van der Waals surface area contributed by atoms with Crippen LogP contribution in [0.25, 0.3) is 0 Å². The third kappa shape index (κ3) is 6.67. The van der Waals surface area contributed by atoms with Crippen molar-refractivity contribution >= 4 is 55.0 Å². The molecule has 0 amide bonds. The third-order valence-electron chi connectivity index (χ3n) is 7.13. The van der Waals surface area contributed by atoms with E-state index < -0.39 is 66.3 Å². The Bertz CT molecular complexity index is 822. The topological polar surface area (TPSA) is 115 Å². The fraction of sp³-hybridized carbons (Fsp3) is 0.909. The molecule has 2 fully saturated rings. The van der Waals surface area contributed by atoms with Crippen LogP contribution in [-0.4, -0.2) is 87.1 Å². The molecule has 2 rings (SSSR count). The van der Waals surface area contributed by atoms with Crippen molar-refractivity contribution in [1.82, 2.24) is 0 Å². The standard InChI is InChI=1S/C22H38Cl3NO9Si/c1-12(27)31-16-15-14(34-20(5,28-7)21(6,29-8)35-15)13(11-30-36(9,10)19(2,3)4)32-17(16)33-18(26)22(23,24)25/h13-17,26H,11H2,1-10H3/t13-,14-,15+,16+,17-,20+,21+/m1/s1. The van der Waals surface area contributed by atoms with Crippen LogP contribution in [-0.2, 0) is 42.4 Å². The number of hydrogen-bond donors (Lipinski definition) is 1. The van der Waals surface area contributed by atoms with Crippen molar-refractivity contribution in [1.29, 1.82) is 5.41 Å². The fourth-order valence-electron chi connectivity index (χ4n) is 3.59. The van der Waals surface area contributed by atoms with Gasteiger partial charge in [0.1, 0.15) is 18.3 Å². The third-order valence-corrected chi connectivity index (χ3v) is 12.1. The summed E-state index contributed by atoms with van der Waals surface area (Å²) < 4.78 is 45.5. The number of carbonyl (C=O) groups is 1. The summed E-state index contributed by atoms with van der Waals surface area (Å²) in [7, 11) is 0.682. The highest BCUT2D eigenvalue weighted by Gasteiger charge is 2.64. The Morgan fingerprint density at radius 3 is 1.92 bits per heavy atom. The van der Waals surface area contributed by atoms with Gasteiger partial charge in [0.15, 0.2) is 14.4 Å². The van der Waals surface area contributed by atoms with E-state index in [1.807, 2.05) is 0 Å². The quantitative estimate of drug-likeness (QED) is 0.149. The first-order chi connectivity index (χ1) is 16.2. The average Bonchev–Trinajstić information content (AvgIpc) is 2.73. The van der Waals surface area contributed by atoms with Crippen molar-refractivity contribution < 1.29 is 42.4 Å². The molecule has 0 bridgehead atoms. The Balaban J connectivity index is 2.51. The van der Waals surface area contributed by atoms with Gasteiger partial charge in [-0.05, 0) is 32.0 Å². The first-order valence-corrected chi connectivity index (χ1v) is 15.5. The molecule has 10 nitrogen and oxygen atoms in total. The van der Waals surface area contributed by atoms with Gasteiger partial charge in [-0.25, -0.2) is 0 Å². The predicted octanol–water partition coefficient (Wildman–Crippen LogP) is 4.54. The van der Waals surface area contributed by atoms with Crippen molar-refractivity contribution in [2.24, 2.45) is 0 Å². The SMILES string of the molecule is CO[C@@]1(C)O[C@@H]2[C@H](OC(C)=O)[C@@H](OC(=N)C(Cl)(Cl)Cl)O[C@H](CO[Si](C)(C)C(C)(C)C)[C@H]2O[C@]1(C)OC. The van der Waals surface area contributed by atoms with E-state index in [0.29, 0.717) is 0 Å². The summed E-state index contributed by atoms with van der Waals surface area (Å²) in [5.74, 6) is -4.14. The molecule has 2 aliphatic rings. The lowest BCUT2D eigenvalue weighted by atomic mass is 9.94. The van der Waals surface area contributed by atoms with Gasteiger partial charge in [0.2, 0.25) is 23.8 Å². The second-order valence-corrected chi connectivity index (χ2v) is 17.7. The van der Waals surface area contributed by atoms with E-state index in [0.717, 1.165) is 0 Å². The van der Waals surface area contributed by atoms with E-state index in [9.17, 15) is 4.79 Å². The maximum absolute atomic E-state index is 12.0. The van der Waals surface area contributed by atoms with Crippen LogP contribution in [0.1, 0.15) is 41.5 Å². The molecular formula is C22H38Cl3NO9Si. The number of rotatable bonds is 7. The Morgan fingerprint density at radius 2 is 1.50 bits per heavy atom. The number of esters is 1. The number of nitrogens with one attached hydrogen (secondary N) is 1. The summed E-state index contributed by atoms with van der Waals surface area (Å²) in [5.41, 5.74) is 0. The summed E-state index contributed by atoms with van der Waals surface area (Å²) in [4.78, 5) is 12.0. The molecular weight excluding hydrogens is 557 g/mol. The van der Waals surface area contributed by atoms with Gasteiger partial charge in [-0.3, -0.25) is 10.2 Å². The second kappa shape index (κ2) is 11.1. The molecule has 0 aromatic heterocycles. The highest BCUT2D eigenvalue weighted by molar-refractivity contribution is 6.76. The Labute approximate surface area is 229 Å². The van der Waals surface area contributed by atoms with Gasteiger partial charge >= 0.3 is 5.97 Å². The van der Waals surface area contributed by atoms with Gasteiger partial charge in [-0.2, -0.15) is 0 Å². The van der Waals surface area contributed by atoms with Crippen molar-refractivity contribution in [3.05, 3.63) is 0 Å². The molecule has 0 radical (unpaired) electrons. The molecule has 0 spiro atoms. The Kier molecular flexibility index (Phi) is 9.88. The van der Waals surface area contributed by atoms with E-state index in [1.165, 1.54) is 21.1 Å². The van der Waals surface area contributed by atoms with E-state index >= 15 is 0 Å². The molecule has 14 heteroatoms. The zero-order valence-electron chi connectivity index (χ0n) is 22.4. The van der Waals surface area contributed by atoms with Crippen molar-refractivity contribution in [2.75, 3.05) is 20.8 Å². The zero-order chi connectivity index (χ0) is 27.9. The lowest BCUT2D eigenvalue weighted by Gasteiger charge is -2.57. The molecule has 1 N–H and O–H groups in total. The minimum Gasteiger partial charge on any atom is -0.453 e. The molecule has 210 valence electrons. The highest BCUT2D eigenvalue weighted by Crippen LogP contribution is 2.45. The van der Waals surface area contributed by atoms with Crippen molar-refractivity contribution in [3.8, 4) is 0 Å². The van der Waals surface area contributed by atoms with Crippen LogP contribution in [0.4, 0.5) is 0 Å². The van der Waals surface area contributed by atoms with Crippen LogP contribution in [0.5, 0.6) is 0 Å². The number of carbonyl (C=O) groups excluding carboxylic acids is 1. The molecule has 0 aliphatic carbocycles. The van der Waals surface area contributed by atoms with Crippen LogP contribution >= 0.6 is 34.8 Å². The first kappa shape index (κ1) is 32.0. The number of hydrogen-bond acceptors (Lipinski definition) is 10. The molecule has 7 atom stereocenters. The predicted molar refractivity (Wildman–Crippen MR) is 137 cm³/mol. The van der Waals surface area contributed by atoms with Crippen LogP contribution in [0.15, 0.2) is 0 Å². The molecule has 0 aromatic carbocycles. The first-order valence-electron chi connectivity index (χ1n) is 11.5. The Hall–Kier alpha value is -0.213. The molecule has 2 heterocycles. The van der Waals surface area contributed by atoms with Crippen LogP contribution in [0.3, 0.4) is 0 Å². The molecule has 2 saturated heterocycles. The van der Waals surface area contributed by atoms with Crippen molar-refractivity contribution in [3.63, 3.8) is 0 Å². The fourth-order valence-corrected chi connectivity index (χ4v) is 4.74. The van der Waals surface area contributed by atoms with Gasteiger partial charge in [0.25, 0.3) is 3.79 Å². The molecule has 36 heavy (non-hydrogen) atoms. The maximum Gasteiger partial charge on any atom is 0.303 e. The Morgan fingerprint density at radius 1 is 1.00 bits per heavy atom. The summed E-state index contributed by atoms with van der Waals surface area (Å²) in [6.45, 7) is 15.1. The monoisotopic (exact) mass is 593 g/mol. The highest BCUT2D eigenvalue weighted by atomic mass is 35.6. The molecule has 0 saturated carbocycles. The molecule has 2 aliphatic heterocycles. The van der Waals surface area contributed by atoms with E-state index in [-0.39, 0.29) is 11.6 Å². The number of methoxy groups -OCH3 is 2. The van der Waals surface area contributed by atoms with Crippen LogP contribution < -0.4 is 0 Å². The summed E-state index contributed by atoms with van der Waals surface area (Å²) in [6, 6.07) is 0. The van der Waals surface area contributed by atoms with E-state index in [4.69, 9.17) is 77.8 Å². The number of alkyl halides is 3. The average molecular weight is 595 g/mol. The number of ether oxygens (including phenoxy) is 7. The van der Waals surface area contributed by atoms with Crippen LogP contribution in [0, 0.1) is 5.41 Å². The smallest absolute Gasteiger partial charge is 0.303 e. The van der Waals surface area contributed by atoms with E-state index in [2.05, 4.69) is 33.9 Å². The van der Waals surface area contributed by atoms with Gasteiger partial charge in [0, 0.05) is 21.1 Å². The zero-order valence-corrected chi connectivity index (χ0v) is 25.7. The maximum atomic E-state index is 12.0. The number of halogens is 3. The minimum absolute atomic E-state index is 0.0750. The van der Waals surface area contributed by atoms with Gasteiger partial charge < -0.3 is 37.6 Å². The largest absolute Gasteiger partial charge is 0.453 e. The lowest BCUT2D eigenvalue weighted by Crippen LogP contribution is -2.73. The molecule has 0 aromatic rings. The minimum atomic E-state index is -2.22. The van der Waals surface area contributed by atoms with Gasteiger partial charge in [0.05, 0.1) is 6.61 Å². The number of fused-ring (bicyclic) bond motifs is 1. The van der Waals surface area contributed by atoms with Crippen molar-refractivity contribution in [2.45, 2.75) is 106 Å². The van der Waals surface area contributed by atoms with Gasteiger partial charge in [-0.1, -0.05) is 55.6 Å². The van der Waals surface area contributed by atoms with Crippen LogP contribution in [0.2, 0.25) is 18.1 Å². The normalized spacial score (nSPS) is 35.6.